The Bertz CT molecular complexity index is 1110. The minimum Gasteiger partial charge on any atom is -0.489 e. The lowest BCUT2D eigenvalue weighted by Crippen LogP contribution is -2.49. The van der Waals surface area contributed by atoms with Gasteiger partial charge in [-0.1, -0.05) is 12.1 Å². The summed E-state index contributed by atoms with van der Waals surface area (Å²) in [6, 6.07) is 8.03. The molecule has 1 saturated heterocycles. The van der Waals surface area contributed by atoms with Gasteiger partial charge < -0.3 is 4.74 Å². The Kier molecular flexibility index (Phi) is 4.83. The van der Waals surface area contributed by atoms with Crippen molar-refractivity contribution in [3.8, 4) is 5.75 Å². The molecule has 152 valence electrons. The summed E-state index contributed by atoms with van der Waals surface area (Å²) in [6.07, 6.45) is 0.941. The number of halogens is 2. The number of Topliss-reactive ketones (excluding diaryl/α,β-unsaturated/α-hetero) is 1. The highest BCUT2D eigenvalue weighted by Crippen LogP contribution is 2.34. The predicted molar refractivity (Wildman–Crippen MR) is 98.8 cm³/mol. The van der Waals surface area contributed by atoms with E-state index in [-0.39, 0.29) is 30.2 Å². The van der Waals surface area contributed by atoms with Crippen LogP contribution in [-0.2, 0) is 15.0 Å². The van der Waals surface area contributed by atoms with Crippen molar-refractivity contribution in [2.24, 2.45) is 0 Å². The summed E-state index contributed by atoms with van der Waals surface area (Å²) >= 11 is 0. The van der Waals surface area contributed by atoms with Crippen molar-refractivity contribution >= 4 is 27.6 Å². The van der Waals surface area contributed by atoms with Crippen LogP contribution in [0.2, 0.25) is 0 Å². The lowest BCUT2D eigenvalue weighted by Gasteiger charge is -2.28. The number of ether oxygens (including phenoxy) is 1. The predicted octanol–water partition coefficient (Wildman–Crippen LogP) is 2.28. The Balaban J connectivity index is 1.58. The van der Waals surface area contributed by atoms with Crippen LogP contribution in [0.15, 0.2) is 42.5 Å². The fraction of sp³-hybridized carbons (Fsp3) is 0.263. The van der Waals surface area contributed by atoms with Gasteiger partial charge in [0.15, 0.2) is 11.6 Å². The SMILES string of the molecule is O=C1C(=O)N(S(=O)(=O)N2CCCC2COc2ccc(F)cc2F)c2ccccc21. The molecule has 2 aromatic carbocycles. The second kappa shape index (κ2) is 7.20. The molecule has 7 nitrogen and oxygen atoms in total. The number of para-hydroxylation sites is 1. The fourth-order valence-corrected chi connectivity index (χ4v) is 5.36. The Morgan fingerprint density at radius 3 is 2.62 bits per heavy atom. The topological polar surface area (TPSA) is 84.0 Å². The van der Waals surface area contributed by atoms with Crippen molar-refractivity contribution in [1.82, 2.24) is 4.31 Å². The van der Waals surface area contributed by atoms with Crippen LogP contribution in [0.5, 0.6) is 5.75 Å². The summed E-state index contributed by atoms with van der Waals surface area (Å²) in [4.78, 5) is 24.5. The number of carbonyl (C=O) groups is 2. The van der Waals surface area contributed by atoms with Gasteiger partial charge in [0.1, 0.15) is 12.4 Å². The lowest BCUT2D eigenvalue weighted by molar-refractivity contribution is -0.113. The average molecular weight is 422 g/mol. The van der Waals surface area contributed by atoms with E-state index in [0.717, 1.165) is 16.4 Å². The molecule has 2 heterocycles. The van der Waals surface area contributed by atoms with Gasteiger partial charge in [-0.15, -0.1) is 0 Å². The second-order valence-electron chi connectivity index (χ2n) is 6.72. The van der Waals surface area contributed by atoms with Crippen molar-refractivity contribution in [3.05, 3.63) is 59.7 Å². The minimum atomic E-state index is -4.34. The van der Waals surface area contributed by atoms with E-state index in [1.807, 2.05) is 0 Å². The first-order chi connectivity index (χ1) is 13.8. The maximum atomic E-state index is 13.8. The van der Waals surface area contributed by atoms with Crippen LogP contribution in [0.4, 0.5) is 14.5 Å². The number of anilines is 1. The normalized spacial score (nSPS) is 19.7. The van der Waals surface area contributed by atoms with Crippen molar-refractivity contribution in [2.45, 2.75) is 18.9 Å². The molecule has 2 aliphatic heterocycles. The van der Waals surface area contributed by atoms with Gasteiger partial charge in [-0.25, -0.2) is 8.78 Å². The van der Waals surface area contributed by atoms with Gasteiger partial charge in [0, 0.05) is 12.6 Å². The summed E-state index contributed by atoms with van der Waals surface area (Å²) in [5.41, 5.74) is 0.0418. The molecule has 4 rings (SSSR count). The third kappa shape index (κ3) is 3.28. The minimum absolute atomic E-state index is 0.0126. The van der Waals surface area contributed by atoms with Crippen molar-refractivity contribution < 1.29 is 31.5 Å². The largest absolute Gasteiger partial charge is 0.489 e. The van der Waals surface area contributed by atoms with Crippen LogP contribution in [0, 0.1) is 11.6 Å². The van der Waals surface area contributed by atoms with Gasteiger partial charge in [-0.05, 0) is 37.1 Å². The zero-order valence-corrected chi connectivity index (χ0v) is 15.9. The molecule has 0 aromatic heterocycles. The standard InChI is InChI=1S/C19H16F2N2O5S/c20-12-7-8-17(15(21)10-12)28-11-13-4-3-9-22(13)29(26,27)23-16-6-2-1-5-14(16)18(24)19(23)25/h1-2,5-8,10,13H,3-4,9,11H2. The quantitative estimate of drug-likeness (QED) is 0.691. The number of nitrogens with zero attached hydrogens (tertiary/aromatic N) is 2. The zero-order valence-electron chi connectivity index (χ0n) is 15.0. The Hall–Kier alpha value is -2.85. The maximum absolute atomic E-state index is 13.8. The van der Waals surface area contributed by atoms with E-state index in [2.05, 4.69) is 0 Å². The number of benzene rings is 2. The molecule has 1 amide bonds. The molecule has 1 atom stereocenters. The molecule has 2 aliphatic rings. The third-order valence-electron chi connectivity index (χ3n) is 4.92. The molecule has 0 aliphatic carbocycles. The number of rotatable bonds is 5. The van der Waals surface area contributed by atoms with E-state index in [9.17, 15) is 26.8 Å². The molecule has 10 heteroatoms. The zero-order chi connectivity index (χ0) is 20.8. The molecular formula is C19H16F2N2O5S. The van der Waals surface area contributed by atoms with Crippen molar-refractivity contribution in [3.63, 3.8) is 0 Å². The van der Waals surface area contributed by atoms with Gasteiger partial charge in [0.05, 0.1) is 17.3 Å². The molecule has 0 spiro atoms. The summed E-state index contributed by atoms with van der Waals surface area (Å²) < 4.78 is 60.1. The van der Waals surface area contributed by atoms with Crippen LogP contribution in [0.3, 0.4) is 0 Å². The molecule has 1 fully saturated rings. The molecular weight excluding hydrogens is 406 g/mol. The Morgan fingerprint density at radius 2 is 1.86 bits per heavy atom. The number of fused-ring (bicyclic) bond motifs is 1. The highest BCUT2D eigenvalue weighted by molar-refractivity contribution is 7.91. The van der Waals surface area contributed by atoms with Crippen LogP contribution in [0.25, 0.3) is 0 Å². The molecule has 2 aromatic rings. The molecule has 29 heavy (non-hydrogen) atoms. The van der Waals surface area contributed by atoms with Crippen LogP contribution in [-0.4, -0.2) is 43.6 Å². The number of carbonyl (C=O) groups excluding carboxylic acids is 2. The highest BCUT2D eigenvalue weighted by Gasteiger charge is 2.48. The van der Waals surface area contributed by atoms with Gasteiger partial charge in [0.2, 0.25) is 0 Å². The first kappa shape index (κ1) is 19.5. The number of amides is 1. The number of ketones is 1. The monoisotopic (exact) mass is 422 g/mol. The third-order valence-corrected chi connectivity index (χ3v) is 6.82. The van der Waals surface area contributed by atoms with Gasteiger partial charge >= 0.3 is 16.1 Å². The number of hydrogen-bond acceptors (Lipinski definition) is 5. The Labute approximate surface area is 165 Å². The molecule has 0 N–H and O–H groups in total. The smallest absolute Gasteiger partial charge is 0.314 e. The fourth-order valence-electron chi connectivity index (χ4n) is 3.55. The van der Waals surface area contributed by atoms with Crippen molar-refractivity contribution in [1.29, 1.82) is 0 Å². The Morgan fingerprint density at radius 1 is 1.10 bits per heavy atom. The van der Waals surface area contributed by atoms with E-state index in [1.54, 1.807) is 6.07 Å². The van der Waals surface area contributed by atoms with Crippen LogP contribution < -0.4 is 9.04 Å². The molecule has 0 bridgehead atoms. The maximum Gasteiger partial charge on any atom is 0.314 e. The van der Waals surface area contributed by atoms with Crippen LogP contribution in [0.1, 0.15) is 23.2 Å². The van der Waals surface area contributed by atoms with E-state index < -0.39 is 39.6 Å². The van der Waals surface area contributed by atoms with E-state index >= 15 is 0 Å². The summed E-state index contributed by atoms with van der Waals surface area (Å²) in [5.74, 6) is -3.87. The van der Waals surface area contributed by atoms with Gasteiger partial charge in [0.25, 0.3) is 5.78 Å². The van der Waals surface area contributed by atoms with E-state index in [1.165, 1.54) is 18.2 Å². The summed E-state index contributed by atoms with van der Waals surface area (Å²) in [5, 5.41) is 0. The van der Waals surface area contributed by atoms with Crippen LogP contribution >= 0.6 is 0 Å². The van der Waals surface area contributed by atoms with Gasteiger partial charge in [-0.3, -0.25) is 9.59 Å². The number of hydrogen-bond donors (Lipinski definition) is 0. The molecule has 0 saturated carbocycles. The first-order valence-corrected chi connectivity index (χ1v) is 10.3. The second-order valence-corrected chi connectivity index (χ2v) is 8.45. The molecule has 0 radical (unpaired) electrons. The average Bonchev–Trinajstić information content (AvgIpc) is 3.25. The summed E-state index contributed by atoms with van der Waals surface area (Å²) in [7, 11) is -4.34. The van der Waals surface area contributed by atoms with Crippen molar-refractivity contribution in [2.75, 3.05) is 17.5 Å². The van der Waals surface area contributed by atoms with E-state index in [0.29, 0.717) is 23.2 Å². The molecule has 1 unspecified atom stereocenters. The summed E-state index contributed by atoms with van der Waals surface area (Å²) in [6.45, 7) is -0.0538. The highest BCUT2D eigenvalue weighted by atomic mass is 32.2. The van der Waals surface area contributed by atoms with Gasteiger partial charge in [-0.2, -0.15) is 17.0 Å². The first-order valence-electron chi connectivity index (χ1n) is 8.88. The van der Waals surface area contributed by atoms with E-state index in [4.69, 9.17) is 4.74 Å². The lowest BCUT2D eigenvalue weighted by atomic mass is 10.1.